The van der Waals surface area contributed by atoms with E-state index >= 15 is 0 Å². The Morgan fingerprint density at radius 2 is 1.29 bits per heavy atom. The zero-order valence-corrected chi connectivity index (χ0v) is 20.6. The largest absolute Gasteiger partial charge is 0.338 e. The monoisotopic (exact) mass is 464 g/mol. The molecule has 5 rings (SSSR count). The van der Waals surface area contributed by atoms with Gasteiger partial charge in [-0.2, -0.15) is 0 Å². The summed E-state index contributed by atoms with van der Waals surface area (Å²) in [5, 5.41) is 0. The van der Waals surface area contributed by atoms with E-state index in [1.165, 1.54) is 16.7 Å². The van der Waals surface area contributed by atoms with Crippen molar-refractivity contribution < 1.29 is 4.79 Å². The van der Waals surface area contributed by atoms with Crippen molar-refractivity contribution in [2.75, 3.05) is 32.7 Å². The quantitative estimate of drug-likeness (QED) is 0.394. The highest BCUT2D eigenvalue weighted by atomic mass is 16.2. The minimum absolute atomic E-state index is 0.130. The highest BCUT2D eigenvalue weighted by Crippen LogP contribution is 2.41. The van der Waals surface area contributed by atoms with Gasteiger partial charge in [0.2, 0.25) is 5.91 Å². The molecule has 3 aromatic carbocycles. The van der Waals surface area contributed by atoms with Crippen molar-refractivity contribution in [2.24, 2.45) is 5.41 Å². The molecule has 2 heterocycles. The van der Waals surface area contributed by atoms with Gasteiger partial charge in [0.25, 0.3) is 0 Å². The second kappa shape index (κ2) is 11.0. The van der Waals surface area contributed by atoms with E-state index in [1.807, 2.05) is 18.2 Å². The van der Waals surface area contributed by atoms with Crippen LogP contribution >= 0.6 is 0 Å². The Labute approximate surface area is 210 Å². The van der Waals surface area contributed by atoms with Crippen molar-refractivity contribution >= 4 is 12.0 Å². The number of rotatable bonds is 8. The van der Waals surface area contributed by atoms with Crippen molar-refractivity contribution in [3.63, 3.8) is 0 Å². The second-order valence-corrected chi connectivity index (χ2v) is 10.1. The van der Waals surface area contributed by atoms with Gasteiger partial charge in [-0.25, -0.2) is 0 Å². The Balaban J connectivity index is 1.15. The number of carbonyl (C=O) groups excluding carboxylic acids is 1. The van der Waals surface area contributed by atoms with Gasteiger partial charge in [0.15, 0.2) is 0 Å². The number of hydrogen-bond donors (Lipinski definition) is 0. The van der Waals surface area contributed by atoms with Crippen LogP contribution in [0.25, 0.3) is 6.08 Å². The van der Waals surface area contributed by atoms with E-state index in [4.69, 9.17) is 0 Å². The van der Waals surface area contributed by atoms with Gasteiger partial charge in [-0.05, 0) is 62.0 Å². The van der Waals surface area contributed by atoms with Crippen molar-refractivity contribution in [2.45, 2.75) is 31.6 Å². The zero-order chi connectivity index (χ0) is 23.9. The number of benzene rings is 3. The fourth-order valence-electron chi connectivity index (χ4n) is 5.82. The molecule has 0 radical (unpaired) electrons. The van der Waals surface area contributed by atoms with Crippen molar-refractivity contribution in [1.29, 1.82) is 0 Å². The topological polar surface area (TPSA) is 23.6 Å². The molecule has 180 valence electrons. The number of hydrogen-bond acceptors (Lipinski definition) is 2. The SMILES string of the molecule is O=C1N(C/C=C/c2ccccc2)CCC12CCN(CCC(c1ccccc1)c1ccccc1)CC2. The van der Waals surface area contributed by atoms with Gasteiger partial charge >= 0.3 is 0 Å². The molecule has 0 unspecified atom stereocenters. The number of likely N-dealkylation sites (tertiary alicyclic amines) is 2. The predicted octanol–water partition coefficient (Wildman–Crippen LogP) is 6.24. The van der Waals surface area contributed by atoms with Crippen LogP contribution in [-0.4, -0.2) is 48.4 Å². The van der Waals surface area contributed by atoms with Crippen LogP contribution in [0.5, 0.6) is 0 Å². The standard InChI is InChI=1S/C32H36N2O/c35-31-32(21-26-34(31)22-10-13-27-11-4-1-5-12-27)19-24-33(25-20-32)23-18-30(28-14-6-2-7-15-28)29-16-8-3-9-17-29/h1-17,30H,18-26H2/b13-10+. The third-order valence-corrected chi connectivity index (χ3v) is 7.99. The number of carbonyl (C=O) groups is 1. The van der Waals surface area contributed by atoms with E-state index in [2.05, 4.69) is 94.7 Å². The minimum Gasteiger partial charge on any atom is -0.338 e. The van der Waals surface area contributed by atoms with E-state index < -0.39 is 0 Å². The normalized spacial score (nSPS) is 18.2. The van der Waals surface area contributed by atoms with Gasteiger partial charge in [-0.1, -0.05) is 103 Å². The maximum Gasteiger partial charge on any atom is 0.229 e. The first-order valence-corrected chi connectivity index (χ1v) is 13.1. The first-order chi connectivity index (χ1) is 17.2. The van der Waals surface area contributed by atoms with Gasteiger partial charge in [0.1, 0.15) is 0 Å². The molecular formula is C32H36N2O. The molecule has 0 bridgehead atoms. The summed E-state index contributed by atoms with van der Waals surface area (Å²) < 4.78 is 0. The van der Waals surface area contributed by atoms with E-state index in [0.717, 1.165) is 58.4 Å². The van der Waals surface area contributed by atoms with Crippen LogP contribution in [0.4, 0.5) is 0 Å². The van der Waals surface area contributed by atoms with Gasteiger partial charge < -0.3 is 9.80 Å². The minimum atomic E-state index is -0.130. The second-order valence-electron chi connectivity index (χ2n) is 10.1. The molecular weight excluding hydrogens is 428 g/mol. The summed E-state index contributed by atoms with van der Waals surface area (Å²) in [5.74, 6) is 0.787. The number of piperidine rings is 1. The highest BCUT2D eigenvalue weighted by molar-refractivity contribution is 5.85. The van der Waals surface area contributed by atoms with E-state index in [0.29, 0.717) is 11.8 Å². The first kappa shape index (κ1) is 23.6. The molecule has 0 aromatic heterocycles. The third kappa shape index (κ3) is 5.57. The average molecular weight is 465 g/mol. The fourth-order valence-corrected chi connectivity index (χ4v) is 5.82. The fraction of sp³-hybridized carbons (Fsp3) is 0.344. The molecule has 0 saturated carbocycles. The Kier molecular flexibility index (Phi) is 7.44. The molecule has 0 aliphatic carbocycles. The lowest BCUT2D eigenvalue weighted by Gasteiger charge is -2.38. The van der Waals surface area contributed by atoms with E-state index in [1.54, 1.807) is 0 Å². The van der Waals surface area contributed by atoms with Crippen LogP contribution in [0, 0.1) is 5.41 Å². The van der Waals surface area contributed by atoms with Gasteiger partial charge in [0.05, 0.1) is 5.41 Å². The van der Waals surface area contributed by atoms with E-state index in [-0.39, 0.29) is 5.41 Å². The summed E-state index contributed by atoms with van der Waals surface area (Å²) in [6.07, 6.45) is 8.35. The van der Waals surface area contributed by atoms with E-state index in [9.17, 15) is 4.79 Å². The van der Waals surface area contributed by atoms with Crippen molar-refractivity contribution in [3.8, 4) is 0 Å². The molecule has 35 heavy (non-hydrogen) atoms. The molecule has 3 heteroatoms. The lowest BCUT2D eigenvalue weighted by Crippen LogP contribution is -2.45. The molecule has 0 N–H and O–H groups in total. The molecule has 3 nitrogen and oxygen atoms in total. The van der Waals surface area contributed by atoms with Gasteiger partial charge in [-0.15, -0.1) is 0 Å². The van der Waals surface area contributed by atoms with Crippen LogP contribution < -0.4 is 0 Å². The maximum absolute atomic E-state index is 13.3. The molecule has 2 aliphatic rings. The lowest BCUT2D eigenvalue weighted by molar-refractivity contribution is -0.137. The van der Waals surface area contributed by atoms with Crippen LogP contribution in [0.3, 0.4) is 0 Å². The third-order valence-electron chi connectivity index (χ3n) is 7.99. The average Bonchev–Trinajstić information content (AvgIpc) is 3.22. The number of amides is 1. The Morgan fingerprint density at radius 1 is 0.743 bits per heavy atom. The van der Waals surface area contributed by atoms with Crippen LogP contribution in [0.1, 0.15) is 48.3 Å². The molecule has 2 aliphatic heterocycles. The summed E-state index contributed by atoms with van der Waals surface area (Å²) in [6.45, 7) is 4.73. The molecule has 2 fully saturated rings. The number of nitrogens with zero attached hydrogens (tertiary/aromatic N) is 2. The molecule has 1 spiro atoms. The molecule has 0 atom stereocenters. The zero-order valence-electron chi connectivity index (χ0n) is 20.6. The van der Waals surface area contributed by atoms with Crippen LogP contribution in [-0.2, 0) is 4.79 Å². The van der Waals surface area contributed by atoms with Gasteiger partial charge in [0, 0.05) is 19.0 Å². The van der Waals surface area contributed by atoms with Crippen molar-refractivity contribution in [3.05, 3.63) is 114 Å². The highest BCUT2D eigenvalue weighted by Gasteiger charge is 2.47. The molecule has 3 aromatic rings. The summed E-state index contributed by atoms with van der Waals surface area (Å²) in [4.78, 5) is 18.0. The molecule has 2 saturated heterocycles. The summed E-state index contributed by atoms with van der Waals surface area (Å²) in [5.41, 5.74) is 3.83. The maximum atomic E-state index is 13.3. The summed E-state index contributed by atoms with van der Waals surface area (Å²) >= 11 is 0. The van der Waals surface area contributed by atoms with Crippen LogP contribution in [0.2, 0.25) is 0 Å². The Bertz CT molecular complexity index is 1060. The Hall–Kier alpha value is -3.17. The predicted molar refractivity (Wildman–Crippen MR) is 144 cm³/mol. The molecule has 1 amide bonds. The first-order valence-electron chi connectivity index (χ1n) is 13.1. The summed E-state index contributed by atoms with van der Waals surface area (Å²) in [7, 11) is 0. The van der Waals surface area contributed by atoms with Gasteiger partial charge in [-0.3, -0.25) is 4.79 Å². The Morgan fingerprint density at radius 3 is 1.89 bits per heavy atom. The van der Waals surface area contributed by atoms with Crippen molar-refractivity contribution in [1.82, 2.24) is 9.80 Å². The smallest absolute Gasteiger partial charge is 0.229 e. The van der Waals surface area contributed by atoms with Crippen LogP contribution in [0.15, 0.2) is 97.1 Å². The summed E-state index contributed by atoms with van der Waals surface area (Å²) in [6, 6.07) is 32.1. The lowest BCUT2D eigenvalue weighted by atomic mass is 9.77.